The Kier molecular flexibility index (Phi) is 4.61. The van der Waals surface area contributed by atoms with Gasteiger partial charge in [0.25, 0.3) is 5.91 Å². The predicted molar refractivity (Wildman–Crippen MR) is 112 cm³/mol. The van der Waals surface area contributed by atoms with Crippen molar-refractivity contribution in [3.05, 3.63) is 76.2 Å². The third-order valence-corrected chi connectivity index (χ3v) is 6.27. The van der Waals surface area contributed by atoms with Gasteiger partial charge in [-0.15, -0.1) is 16.4 Å². The summed E-state index contributed by atoms with van der Waals surface area (Å²) in [5, 5.41) is 10.6. The predicted octanol–water partition coefficient (Wildman–Crippen LogP) is 3.98. The third-order valence-electron chi connectivity index (χ3n) is 5.26. The summed E-state index contributed by atoms with van der Waals surface area (Å²) in [5.74, 6) is 0.0636. The largest absolute Gasteiger partial charge is 0.368 e. The van der Waals surface area contributed by atoms with Gasteiger partial charge in [-0.25, -0.2) is 4.52 Å². The molecule has 4 aromatic rings. The monoisotopic (exact) mass is 404 g/mol. The molecule has 1 amide bonds. The maximum absolute atomic E-state index is 12.9. The topological polar surface area (TPSA) is 59.7 Å². The van der Waals surface area contributed by atoms with E-state index in [1.165, 1.54) is 11.3 Å². The molecule has 1 aliphatic rings. The number of benzene rings is 1. The number of carbonyl (C=O) groups excluding carboxylic acids is 1. The first-order chi connectivity index (χ1) is 14.2. The second kappa shape index (κ2) is 7.42. The molecule has 4 heterocycles. The zero-order valence-electron chi connectivity index (χ0n) is 16.0. The highest BCUT2D eigenvalue weighted by atomic mass is 32.1. The van der Waals surface area contributed by atoms with Crippen molar-refractivity contribution in [2.45, 2.75) is 13.0 Å². The number of fused-ring (bicyclic) bond motifs is 1. The molecule has 6 nitrogen and oxygen atoms in total. The highest BCUT2D eigenvalue weighted by Gasteiger charge is 2.30. The van der Waals surface area contributed by atoms with E-state index in [1.807, 2.05) is 53.7 Å². The molecule has 0 unspecified atom stereocenters. The van der Waals surface area contributed by atoms with E-state index in [4.69, 9.17) is 4.74 Å². The van der Waals surface area contributed by atoms with E-state index in [1.54, 1.807) is 4.52 Å². The number of nitrogens with zero attached hydrogens (tertiary/aromatic N) is 4. The van der Waals surface area contributed by atoms with Crippen LogP contribution in [-0.4, -0.2) is 45.3 Å². The standard InChI is InChI=1S/C22H20N4O2S/c1-15-9-12-29-21(15)22(27)25-10-11-28-19(14-25)20-18-8-7-17(13-26(18)24-23-20)16-5-3-2-4-6-16/h2-9,12-13,19H,10-11,14H2,1H3/t19-/m1/s1. The number of pyridine rings is 1. The van der Waals surface area contributed by atoms with Crippen LogP contribution in [0.1, 0.15) is 27.0 Å². The number of ether oxygens (including phenoxy) is 1. The summed E-state index contributed by atoms with van der Waals surface area (Å²) in [6.07, 6.45) is 1.69. The first-order valence-corrected chi connectivity index (χ1v) is 10.4. The molecule has 0 N–H and O–H groups in total. The van der Waals surface area contributed by atoms with Crippen molar-refractivity contribution in [2.24, 2.45) is 0 Å². The fourth-order valence-corrected chi connectivity index (χ4v) is 4.57. The second-order valence-electron chi connectivity index (χ2n) is 7.13. The molecule has 146 valence electrons. The number of carbonyl (C=O) groups is 1. The van der Waals surface area contributed by atoms with Crippen molar-refractivity contribution in [1.82, 2.24) is 19.7 Å². The van der Waals surface area contributed by atoms with E-state index in [-0.39, 0.29) is 12.0 Å². The average Bonchev–Trinajstić information content (AvgIpc) is 3.39. The number of thiophene rings is 1. The quantitative estimate of drug-likeness (QED) is 0.518. The fourth-order valence-electron chi connectivity index (χ4n) is 3.68. The minimum Gasteiger partial charge on any atom is -0.368 e. The highest BCUT2D eigenvalue weighted by Crippen LogP contribution is 2.28. The molecule has 0 radical (unpaired) electrons. The molecule has 29 heavy (non-hydrogen) atoms. The van der Waals surface area contributed by atoms with Gasteiger partial charge in [0.1, 0.15) is 11.8 Å². The van der Waals surface area contributed by atoms with Crippen LogP contribution < -0.4 is 0 Å². The first-order valence-electron chi connectivity index (χ1n) is 9.56. The summed E-state index contributed by atoms with van der Waals surface area (Å²) in [5.41, 5.74) is 4.89. The molecule has 0 saturated carbocycles. The summed E-state index contributed by atoms with van der Waals surface area (Å²) in [7, 11) is 0. The summed E-state index contributed by atoms with van der Waals surface area (Å²) in [6, 6.07) is 16.2. The Bertz CT molecular complexity index is 1170. The number of amides is 1. The van der Waals surface area contributed by atoms with Gasteiger partial charge < -0.3 is 9.64 Å². The molecule has 0 spiro atoms. The smallest absolute Gasteiger partial charge is 0.264 e. The number of aryl methyl sites for hydroxylation is 1. The van der Waals surface area contributed by atoms with E-state index in [0.29, 0.717) is 19.7 Å². The van der Waals surface area contributed by atoms with Crippen LogP contribution in [0, 0.1) is 6.92 Å². The van der Waals surface area contributed by atoms with Gasteiger partial charge in [0.2, 0.25) is 0 Å². The van der Waals surface area contributed by atoms with Crippen LogP contribution in [0.4, 0.5) is 0 Å². The number of rotatable bonds is 3. The molecule has 1 aromatic carbocycles. The zero-order chi connectivity index (χ0) is 19.8. The lowest BCUT2D eigenvalue weighted by molar-refractivity contribution is -0.0239. The molecule has 1 aliphatic heterocycles. The van der Waals surface area contributed by atoms with Crippen LogP contribution in [0.3, 0.4) is 0 Å². The molecule has 1 atom stereocenters. The summed E-state index contributed by atoms with van der Waals surface area (Å²) < 4.78 is 7.75. The Labute approximate surface area is 172 Å². The van der Waals surface area contributed by atoms with Crippen molar-refractivity contribution < 1.29 is 9.53 Å². The number of hydrogen-bond donors (Lipinski definition) is 0. The number of morpholine rings is 1. The number of hydrogen-bond acceptors (Lipinski definition) is 5. The minimum absolute atomic E-state index is 0.0636. The summed E-state index contributed by atoms with van der Waals surface area (Å²) >= 11 is 1.49. The normalized spacial score (nSPS) is 17.0. The van der Waals surface area contributed by atoms with Gasteiger partial charge in [0.05, 0.1) is 23.5 Å². The maximum atomic E-state index is 12.9. The van der Waals surface area contributed by atoms with E-state index >= 15 is 0 Å². The van der Waals surface area contributed by atoms with Crippen molar-refractivity contribution in [2.75, 3.05) is 19.7 Å². The van der Waals surface area contributed by atoms with E-state index in [0.717, 1.165) is 32.8 Å². The van der Waals surface area contributed by atoms with E-state index < -0.39 is 0 Å². The first kappa shape index (κ1) is 18.0. The molecule has 1 fully saturated rings. The lowest BCUT2D eigenvalue weighted by Gasteiger charge is -2.32. The van der Waals surface area contributed by atoms with Crippen LogP contribution in [-0.2, 0) is 4.74 Å². The number of aromatic nitrogens is 3. The molecule has 0 bridgehead atoms. The Morgan fingerprint density at radius 3 is 2.79 bits per heavy atom. The molecule has 1 saturated heterocycles. The molecule has 7 heteroatoms. The van der Waals surface area contributed by atoms with Gasteiger partial charge in [-0.05, 0) is 35.6 Å². The Balaban J connectivity index is 1.42. The van der Waals surface area contributed by atoms with Gasteiger partial charge in [-0.3, -0.25) is 4.79 Å². The molecule has 3 aromatic heterocycles. The lowest BCUT2D eigenvalue weighted by atomic mass is 10.1. The fraction of sp³-hybridized carbons (Fsp3) is 0.227. The van der Waals surface area contributed by atoms with Crippen molar-refractivity contribution >= 4 is 22.8 Å². The van der Waals surface area contributed by atoms with Crippen LogP contribution in [0.15, 0.2) is 60.1 Å². The summed E-state index contributed by atoms with van der Waals surface area (Å²) in [6.45, 7) is 3.52. The molecule has 5 rings (SSSR count). The SMILES string of the molecule is Cc1ccsc1C(=O)N1CCO[C@@H](c2nnn3cc(-c4ccccc4)ccc23)C1. The van der Waals surface area contributed by atoms with Gasteiger partial charge in [-0.1, -0.05) is 41.6 Å². The van der Waals surface area contributed by atoms with Crippen LogP contribution in [0.2, 0.25) is 0 Å². The van der Waals surface area contributed by atoms with Crippen LogP contribution in [0.25, 0.3) is 16.6 Å². The minimum atomic E-state index is -0.284. The molecular weight excluding hydrogens is 384 g/mol. The van der Waals surface area contributed by atoms with Crippen molar-refractivity contribution in [3.63, 3.8) is 0 Å². The third kappa shape index (κ3) is 3.32. The molecule has 0 aliphatic carbocycles. The Hall–Kier alpha value is -3.03. The zero-order valence-corrected chi connectivity index (χ0v) is 16.8. The van der Waals surface area contributed by atoms with E-state index in [2.05, 4.69) is 28.5 Å². The van der Waals surface area contributed by atoms with Crippen molar-refractivity contribution in [3.8, 4) is 11.1 Å². The lowest BCUT2D eigenvalue weighted by Crippen LogP contribution is -2.42. The van der Waals surface area contributed by atoms with Gasteiger partial charge in [0, 0.05) is 18.3 Å². The van der Waals surface area contributed by atoms with Gasteiger partial charge >= 0.3 is 0 Å². The van der Waals surface area contributed by atoms with E-state index in [9.17, 15) is 4.79 Å². The van der Waals surface area contributed by atoms with Crippen LogP contribution >= 0.6 is 11.3 Å². The van der Waals surface area contributed by atoms with Crippen LogP contribution in [0.5, 0.6) is 0 Å². The second-order valence-corrected chi connectivity index (χ2v) is 8.05. The average molecular weight is 404 g/mol. The molecular formula is C22H20N4O2S. The highest BCUT2D eigenvalue weighted by molar-refractivity contribution is 7.12. The van der Waals surface area contributed by atoms with Gasteiger partial charge in [-0.2, -0.15) is 0 Å². The van der Waals surface area contributed by atoms with Crippen molar-refractivity contribution in [1.29, 1.82) is 0 Å². The summed E-state index contributed by atoms with van der Waals surface area (Å²) in [4.78, 5) is 15.6. The Morgan fingerprint density at radius 2 is 2.00 bits per heavy atom. The Morgan fingerprint density at radius 1 is 1.14 bits per heavy atom. The maximum Gasteiger partial charge on any atom is 0.264 e. The van der Waals surface area contributed by atoms with Gasteiger partial charge in [0.15, 0.2) is 0 Å².